The van der Waals surface area contributed by atoms with Crippen LogP contribution >= 0.6 is 0 Å². The van der Waals surface area contributed by atoms with Crippen LogP contribution in [0, 0.1) is 0 Å². The van der Waals surface area contributed by atoms with Gasteiger partial charge < -0.3 is 15.2 Å². The standard InChI is InChI=1S/C20H22N2O4/c1-13(18-9-8-17(25-3)12-19(18)26-4)10-20(24)22(14(2)23)16-7-5-6-15(21)11-16/h5-12H,21H2,1-4H3/b13-10+. The molecule has 0 bridgehead atoms. The smallest absolute Gasteiger partial charge is 0.258 e. The van der Waals surface area contributed by atoms with Crippen LogP contribution in [0.1, 0.15) is 19.4 Å². The Labute approximate surface area is 152 Å². The lowest BCUT2D eigenvalue weighted by atomic mass is 10.1. The first kappa shape index (κ1) is 19.1. The van der Waals surface area contributed by atoms with E-state index >= 15 is 0 Å². The Morgan fingerprint density at radius 2 is 1.77 bits per heavy atom. The second kappa shape index (κ2) is 8.20. The first-order chi connectivity index (χ1) is 12.4. The van der Waals surface area contributed by atoms with Crippen LogP contribution in [0.25, 0.3) is 5.57 Å². The second-order valence-electron chi connectivity index (χ2n) is 5.68. The van der Waals surface area contributed by atoms with Crippen molar-refractivity contribution in [2.75, 3.05) is 24.9 Å². The lowest BCUT2D eigenvalue weighted by molar-refractivity contribution is -0.122. The van der Waals surface area contributed by atoms with Gasteiger partial charge in [0.25, 0.3) is 5.91 Å². The Morgan fingerprint density at radius 3 is 2.35 bits per heavy atom. The van der Waals surface area contributed by atoms with E-state index in [9.17, 15) is 9.59 Å². The molecule has 6 heteroatoms. The maximum atomic E-state index is 12.7. The van der Waals surface area contributed by atoms with Gasteiger partial charge >= 0.3 is 0 Å². The predicted octanol–water partition coefficient (Wildman–Crippen LogP) is 3.27. The number of amides is 2. The molecule has 0 aliphatic carbocycles. The van der Waals surface area contributed by atoms with Crippen molar-refractivity contribution in [2.24, 2.45) is 0 Å². The van der Waals surface area contributed by atoms with E-state index in [1.54, 1.807) is 63.6 Å². The molecule has 0 radical (unpaired) electrons. The number of methoxy groups -OCH3 is 2. The molecule has 136 valence electrons. The van der Waals surface area contributed by atoms with Crippen molar-refractivity contribution in [3.05, 3.63) is 54.1 Å². The van der Waals surface area contributed by atoms with Gasteiger partial charge in [0.2, 0.25) is 5.91 Å². The van der Waals surface area contributed by atoms with Crippen LogP contribution in [0.4, 0.5) is 11.4 Å². The lowest BCUT2D eigenvalue weighted by Gasteiger charge is -2.18. The zero-order valence-electron chi connectivity index (χ0n) is 15.3. The SMILES string of the molecule is COc1ccc(/C(C)=C/C(=O)N(C(C)=O)c2cccc(N)c2)c(OC)c1. The summed E-state index contributed by atoms with van der Waals surface area (Å²) in [7, 11) is 3.11. The van der Waals surface area contributed by atoms with Crippen LogP contribution in [0.5, 0.6) is 11.5 Å². The Kier molecular flexibility index (Phi) is 6.01. The number of carbonyl (C=O) groups is 2. The third-order valence-corrected chi connectivity index (χ3v) is 3.84. The van der Waals surface area contributed by atoms with E-state index in [0.717, 1.165) is 10.5 Å². The predicted molar refractivity (Wildman–Crippen MR) is 102 cm³/mol. The first-order valence-corrected chi connectivity index (χ1v) is 7.98. The normalized spacial score (nSPS) is 11.0. The molecule has 2 aromatic rings. The number of nitrogens with two attached hydrogens (primary N) is 1. The molecule has 2 aromatic carbocycles. The number of rotatable bonds is 5. The molecule has 0 atom stereocenters. The number of imide groups is 1. The summed E-state index contributed by atoms with van der Waals surface area (Å²) in [5.41, 5.74) is 8.05. The average Bonchev–Trinajstić information content (AvgIpc) is 2.60. The molecular weight excluding hydrogens is 332 g/mol. The van der Waals surface area contributed by atoms with Crippen LogP contribution in [0.2, 0.25) is 0 Å². The van der Waals surface area contributed by atoms with Crippen LogP contribution in [0.3, 0.4) is 0 Å². The Hall–Kier alpha value is -3.28. The van der Waals surface area contributed by atoms with E-state index in [-0.39, 0.29) is 0 Å². The van der Waals surface area contributed by atoms with Crippen molar-refractivity contribution in [1.82, 2.24) is 0 Å². The second-order valence-corrected chi connectivity index (χ2v) is 5.68. The summed E-state index contributed by atoms with van der Waals surface area (Å²) in [5.74, 6) is 0.365. The number of nitrogen functional groups attached to an aromatic ring is 1. The molecule has 0 saturated heterocycles. The Balaban J connectivity index is 2.40. The highest BCUT2D eigenvalue weighted by Crippen LogP contribution is 2.30. The fourth-order valence-electron chi connectivity index (χ4n) is 2.58. The minimum Gasteiger partial charge on any atom is -0.497 e. The molecule has 0 spiro atoms. The zero-order valence-corrected chi connectivity index (χ0v) is 15.3. The molecule has 0 fully saturated rings. The number of hydrogen-bond donors (Lipinski definition) is 1. The molecule has 2 rings (SSSR count). The maximum absolute atomic E-state index is 12.7. The van der Waals surface area contributed by atoms with E-state index in [1.807, 2.05) is 0 Å². The number of anilines is 2. The summed E-state index contributed by atoms with van der Waals surface area (Å²) in [6.07, 6.45) is 1.40. The van der Waals surface area contributed by atoms with Gasteiger partial charge in [0.1, 0.15) is 11.5 Å². The zero-order chi connectivity index (χ0) is 19.3. The first-order valence-electron chi connectivity index (χ1n) is 7.98. The van der Waals surface area contributed by atoms with Crippen molar-refractivity contribution in [1.29, 1.82) is 0 Å². The molecule has 0 unspecified atom stereocenters. The summed E-state index contributed by atoms with van der Waals surface area (Å²) in [6.45, 7) is 3.11. The third-order valence-electron chi connectivity index (χ3n) is 3.84. The average molecular weight is 354 g/mol. The molecule has 0 aromatic heterocycles. The summed E-state index contributed by atoms with van der Waals surface area (Å²) < 4.78 is 10.5. The van der Waals surface area contributed by atoms with Crippen molar-refractivity contribution >= 4 is 28.8 Å². The van der Waals surface area contributed by atoms with E-state index in [2.05, 4.69) is 0 Å². The van der Waals surface area contributed by atoms with E-state index in [0.29, 0.717) is 28.4 Å². The highest BCUT2D eigenvalue weighted by atomic mass is 16.5. The highest BCUT2D eigenvalue weighted by Gasteiger charge is 2.19. The summed E-state index contributed by atoms with van der Waals surface area (Å²) in [4.78, 5) is 25.8. The number of hydrogen-bond acceptors (Lipinski definition) is 5. The Morgan fingerprint density at radius 1 is 1.04 bits per heavy atom. The molecule has 0 aliphatic rings. The molecule has 0 aliphatic heterocycles. The van der Waals surface area contributed by atoms with E-state index in [4.69, 9.17) is 15.2 Å². The van der Waals surface area contributed by atoms with Gasteiger partial charge in [-0.25, -0.2) is 4.90 Å². The number of nitrogens with zero attached hydrogens (tertiary/aromatic N) is 1. The minimum absolute atomic E-state index is 0.397. The molecular formula is C20H22N2O4. The fourth-order valence-corrected chi connectivity index (χ4v) is 2.58. The number of ether oxygens (including phenoxy) is 2. The largest absolute Gasteiger partial charge is 0.497 e. The summed E-state index contributed by atoms with van der Waals surface area (Å²) in [5, 5.41) is 0. The molecule has 0 heterocycles. The highest BCUT2D eigenvalue weighted by molar-refractivity contribution is 6.20. The van der Waals surface area contributed by atoms with Crippen molar-refractivity contribution < 1.29 is 19.1 Å². The molecule has 2 amide bonds. The molecule has 26 heavy (non-hydrogen) atoms. The van der Waals surface area contributed by atoms with Crippen molar-refractivity contribution in [3.8, 4) is 11.5 Å². The van der Waals surface area contributed by atoms with Gasteiger partial charge in [-0.05, 0) is 42.8 Å². The lowest BCUT2D eigenvalue weighted by Crippen LogP contribution is -2.34. The fraction of sp³-hybridized carbons (Fsp3) is 0.200. The monoisotopic (exact) mass is 354 g/mol. The third kappa shape index (κ3) is 4.22. The summed E-state index contributed by atoms with van der Waals surface area (Å²) in [6, 6.07) is 11.9. The number of carbonyl (C=O) groups excluding carboxylic acids is 2. The molecule has 6 nitrogen and oxygen atoms in total. The quantitative estimate of drug-likeness (QED) is 0.658. The maximum Gasteiger partial charge on any atom is 0.258 e. The van der Waals surface area contributed by atoms with E-state index < -0.39 is 11.8 Å². The van der Waals surface area contributed by atoms with Crippen molar-refractivity contribution in [2.45, 2.75) is 13.8 Å². The van der Waals surface area contributed by atoms with Crippen molar-refractivity contribution in [3.63, 3.8) is 0 Å². The number of benzene rings is 2. The van der Waals surface area contributed by atoms with Gasteiger partial charge in [0.15, 0.2) is 0 Å². The number of allylic oxidation sites excluding steroid dienone is 1. The molecule has 2 N–H and O–H groups in total. The molecule has 0 saturated carbocycles. The van der Waals surface area contributed by atoms with Gasteiger partial charge in [-0.15, -0.1) is 0 Å². The van der Waals surface area contributed by atoms with Gasteiger partial charge in [-0.2, -0.15) is 0 Å². The van der Waals surface area contributed by atoms with Gasteiger partial charge in [-0.1, -0.05) is 6.07 Å². The van der Waals surface area contributed by atoms with Crippen LogP contribution < -0.4 is 20.1 Å². The van der Waals surface area contributed by atoms with Crippen LogP contribution in [-0.4, -0.2) is 26.0 Å². The van der Waals surface area contributed by atoms with Crippen LogP contribution in [-0.2, 0) is 9.59 Å². The topological polar surface area (TPSA) is 81.9 Å². The van der Waals surface area contributed by atoms with Gasteiger partial charge in [0.05, 0.1) is 19.9 Å². The minimum atomic E-state index is -0.460. The van der Waals surface area contributed by atoms with Gasteiger partial charge in [-0.3, -0.25) is 9.59 Å². The Bertz CT molecular complexity index is 859. The summed E-state index contributed by atoms with van der Waals surface area (Å²) >= 11 is 0. The van der Waals surface area contributed by atoms with Crippen LogP contribution in [0.15, 0.2) is 48.5 Å². The van der Waals surface area contributed by atoms with E-state index in [1.165, 1.54) is 13.0 Å². The van der Waals surface area contributed by atoms with Gasteiger partial charge in [0, 0.05) is 30.3 Å².